The minimum atomic E-state index is -0.226. The van der Waals surface area contributed by atoms with Crippen LogP contribution in [-0.4, -0.2) is 48.3 Å². The van der Waals surface area contributed by atoms with Gasteiger partial charge in [0.25, 0.3) is 5.91 Å². The molecule has 0 aliphatic carbocycles. The van der Waals surface area contributed by atoms with Crippen molar-refractivity contribution in [2.24, 2.45) is 0 Å². The van der Waals surface area contributed by atoms with Gasteiger partial charge in [0.15, 0.2) is 0 Å². The van der Waals surface area contributed by atoms with E-state index in [0.717, 1.165) is 17.5 Å². The van der Waals surface area contributed by atoms with Crippen LogP contribution in [0.2, 0.25) is 0 Å². The number of rotatable bonds is 3. The second-order valence-corrected chi connectivity index (χ2v) is 4.42. The van der Waals surface area contributed by atoms with Crippen LogP contribution in [0.1, 0.15) is 22.8 Å². The van der Waals surface area contributed by atoms with Gasteiger partial charge in [0.1, 0.15) is 0 Å². The van der Waals surface area contributed by atoms with Gasteiger partial charge in [-0.2, -0.15) is 0 Å². The number of amides is 1. The minimum Gasteiger partial charge on any atom is -0.394 e. The van der Waals surface area contributed by atoms with E-state index >= 15 is 0 Å². The number of morpholine rings is 1. The molecule has 1 aromatic rings. The van der Waals surface area contributed by atoms with E-state index in [1.54, 1.807) is 4.90 Å². The highest BCUT2D eigenvalue weighted by Crippen LogP contribution is 2.16. The number of aliphatic hydroxyl groups is 1. The van der Waals surface area contributed by atoms with Crippen LogP contribution in [0.3, 0.4) is 0 Å². The predicted octanol–water partition coefficient (Wildman–Crippen LogP) is 1.08. The average molecular weight is 249 g/mol. The summed E-state index contributed by atoms with van der Waals surface area (Å²) in [5.41, 5.74) is 1.78. The van der Waals surface area contributed by atoms with Crippen molar-refractivity contribution in [3.05, 3.63) is 35.4 Å². The zero-order valence-electron chi connectivity index (χ0n) is 10.6. The Balaban J connectivity index is 2.24. The summed E-state index contributed by atoms with van der Waals surface area (Å²) in [6, 6.07) is 7.42. The van der Waals surface area contributed by atoms with E-state index in [1.807, 2.05) is 31.2 Å². The number of hydrogen-bond acceptors (Lipinski definition) is 3. The van der Waals surface area contributed by atoms with E-state index in [9.17, 15) is 9.90 Å². The number of aryl methyl sites for hydroxylation is 1. The zero-order chi connectivity index (χ0) is 13.0. The summed E-state index contributed by atoms with van der Waals surface area (Å²) in [5.74, 6) is -0.00481. The molecule has 1 aromatic carbocycles. The molecule has 0 aromatic heterocycles. The van der Waals surface area contributed by atoms with Crippen LogP contribution < -0.4 is 0 Å². The Labute approximate surface area is 107 Å². The van der Waals surface area contributed by atoms with E-state index in [4.69, 9.17) is 4.74 Å². The number of benzene rings is 1. The molecule has 4 nitrogen and oxygen atoms in total. The lowest BCUT2D eigenvalue weighted by Gasteiger charge is -2.34. The van der Waals surface area contributed by atoms with Gasteiger partial charge in [-0.15, -0.1) is 0 Å². The maximum atomic E-state index is 12.5. The Hall–Kier alpha value is -1.39. The minimum absolute atomic E-state index is 0.00481. The number of nitrogens with zero attached hydrogens (tertiary/aromatic N) is 1. The van der Waals surface area contributed by atoms with E-state index in [-0.39, 0.29) is 18.6 Å². The molecule has 0 saturated carbocycles. The third kappa shape index (κ3) is 2.54. The summed E-state index contributed by atoms with van der Waals surface area (Å²) in [5, 5.41) is 9.31. The van der Waals surface area contributed by atoms with Crippen LogP contribution in [-0.2, 0) is 11.2 Å². The molecule has 1 atom stereocenters. The summed E-state index contributed by atoms with van der Waals surface area (Å²) in [6.07, 6.45) is 0.829. The Morgan fingerprint density at radius 3 is 3.00 bits per heavy atom. The van der Waals surface area contributed by atoms with Gasteiger partial charge >= 0.3 is 0 Å². The highest BCUT2D eigenvalue weighted by molar-refractivity contribution is 5.96. The first kappa shape index (κ1) is 13.1. The van der Waals surface area contributed by atoms with Crippen molar-refractivity contribution in [3.8, 4) is 0 Å². The molecular weight excluding hydrogens is 230 g/mol. The van der Waals surface area contributed by atoms with Crippen LogP contribution in [0, 0.1) is 0 Å². The molecule has 2 rings (SSSR count). The predicted molar refractivity (Wildman–Crippen MR) is 68.5 cm³/mol. The van der Waals surface area contributed by atoms with Gasteiger partial charge in [-0.25, -0.2) is 0 Å². The first-order chi connectivity index (χ1) is 8.77. The summed E-state index contributed by atoms with van der Waals surface area (Å²) in [4.78, 5) is 14.2. The highest BCUT2D eigenvalue weighted by atomic mass is 16.5. The van der Waals surface area contributed by atoms with Gasteiger partial charge in [0, 0.05) is 12.1 Å². The van der Waals surface area contributed by atoms with Crippen molar-refractivity contribution in [2.45, 2.75) is 19.4 Å². The van der Waals surface area contributed by atoms with Crippen molar-refractivity contribution in [3.63, 3.8) is 0 Å². The molecule has 1 aliphatic rings. The molecule has 0 radical (unpaired) electrons. The lowest BCUT2D eigenvalue weighted by atomic mass is 10.0. The molecular formula is C14H19NO3. The average Bonchev–Trinajstić information content (AvgIpc) is 2.46. The van der Waals surface area contributed by atoms with Gasteiger partial charge < -0.3 is 14.7 Å². The first-order valence-corrected chi connectivity index (χ1v) is 6.35. The second kappa shape index (κ2) is 5.98. The smallest absolute Gasteiger partial charge is 0.254 e. The molecule has 1 amide bonds. The van der Waals surface area contributed by atoms with Gasteiger partial charge in [0.2, 0.25) is 0 Å². The van der Waals surface area contributed by atoms with E-state index in [2.05, 4.69) is 0 Å². The summed E-state index contributed by atoms with van der Waals surface area (Å²) >= 11 is 0. The fourth-order valence-corrected chi connectivity index (χ4v) is 2.27. The molecule has 1 heterocycles. The maximum absolute atomic E-state index is 12.5. The van der Waals surface area contributed by atoms with Crippen molar-refractivity contribution < 1.29 is 14.6 Å². The van der Waals surface area contributed by atoms with Gasteiger partial charge in [-0.1, -0.05) is 25.1 Å². The van der Waals surface area contributed by atoms with Gasteiger partial charge in [-0.3, -0.25) is 4.79 Å². The molecule has 1 N–H and O–H groups in total. The third-order valence-electron chi connectivity index (χ3n) is 3.33. The monoisotopic (exact) mass is 249 g/mol. The van der Waals surface area contributed by atoms with Crippen LogP contribution in [0.5, 0.6) is 0 Å². The Morgan fingerprint density at radius 1 is 1.50 bits per heavy atom. The maximum Gasteiger partial charge on any atom is 0.254 e. The number of carbonyl (C=O) groups is 1. The van der Waals surface area contributed by atoms with Crippen molar-refractivity contribution in [1.82, 2.24) is 4.90 Å². The van der Waals surface area contributed by atoms with Crippen LogP contribution in [0.15, 0.2) is 24.3 Å². The molecule has 0 bridgehead atoms. The molecule has 1 unspecified atom stereocenters. The van der Waals surface area contributed by atoms with Crippen LogP contribution in [0.25, 0.3) is 0 Å². The summed E-state index contributed by atoms with van der Waals surface area (Å²) in [7, 11) is 0. The van der Waals surface area contributed by atoms with Gasteiger partial charge in [0.05, 0.1) is 25.9 Å². The fraction of sp³-hybridized carbons (Fsp3) is 0.500. The molecule has 1 aliphatic heterocycles. The van der Waals surface area contributed by atoms with E-state index in [0.29, 0.717) is 19.8 Å². The second-order valence-electron chi connectivity index (χ2n) is 4.42. The molecule has 1 fully saturated rings. The lowest BCUT2D eigenvalue weighted by molar-refractivity contribution is -0.0184. The van der Waals surface area contributed by atoms with E-state index < -0.39 is 0 Å². The standard InChI is InChI=1S/C14H19NO3/c1-2-11-5-3-4-6-13(11)14(17)15-7-8-18-10-12(15)9-16/h3-6,12,16H,2,7-10H2,1H3. The van der Waals surface area contributed by atoms with Crippen molar-refractivity contribution in [2.75, 3.05) is 26.4 Å². The highest BCUT2D eigenvalue weighted by Gasteiger charge is 2.28. The third-order valence-corrected chi connectivity index (χ3v) is 3.33. The molecule has 4 heteroatoms. The van der Waals surface area contributed by atoms with Crippen molar-refractivity contribution in [1.29, 1.82) is 0 Å². The number of hydrogen-bond donors (Lipinski definition) is 1. The topological polar surface area (TPSA) is 49.8 Å². The van der Waals surface area contributed by atoms with Crippen LogP contribution in [0.4, 0.5) is 0 Å². The van der Waals surface area contributed by atoms with Crippen LogP contribution >= 0.6 is 0 Å². The Bertz CT molecular complexity index is 419. The van der Waals surface area contributed by atoms with Crippen molar-refractivity contribution >= 4 is 5.91 Å². The largest absolute Gasteiger partial charge is 0.394 e. The quantitative estimate of drug-likeness (QED) is 0.872. The first-order valence-electron chi connectivity index (χ1n) is 6.35. The Morgan fingerprint density at radius 2 is 2.28 bits per heavy atom. The number of aliphatic hydroxyl groups excluding tert-OH is 1. The zero-order valence-corrected chi connectivity index (χ0v) is 10.6. The normalized spacial score (nSPS) is 19.9. The molecule has 0 spiro atoms. The van der Waals surface area contributed by atoms with E-state index in [1.165, 1.54) is 0 Å². The number of ether oxygens (including phenoxy) is 1. The number of carbonyl (C=O) groups excluding carboxylic acids is 1. The van der Waals surface area contributed by atoms with Gasteiger partial charge in [-0.05, 0) is 18.1 Å². The lowest BCUT2D eigenvalue weighted by Crippen LogP contribution is -2.50. The SMILES string of the molecule is CCc1ccccc1C(=O)N1CCOCC1CO. The Kier molecular flexibility index (Phi) is 4.33. The molecule has 1 saturated heterocycles. The fourth-order valence-electron chi connectivity index (χ4n) is 2.27. The molecule has 98 valence electrons. The molecule has 18 heavy (non-hydrogen) atoms. The summed E-state index contributed by atoms with van der Waals surface area (Å²) in [6.45, 7) is 3.48. The summed E-state index contributed by atoms with van der Waals surface area (Å²) < 4.78 is 5.29.